The topological polar surface area (TPSA) is 70.3 Å². The van der Waals surface area contributed by atoms with Gasteiger partial charge in [-0.05, 0) is 13.0 Å². The molecule has 0 amide bonds. The molecule has 1 atom stereocenters. The number of hydrogen-bond donors (Lipinski definition) is 2. The smallest absolute Gasteiger partial charge is 0.278 e. The summed E-state index contributed by atoms with van der Waals surface area (Å²) in [6, 6.07) is 2.22. The van der Waals surface area contributed by atoms with E-state index in [9.17, 15) is 8.42 Å². The molecule has 2 heterocycles. The first-order valence-electron chi connectivity index (χ1n) is 6.56. The van der Waals surface area contributed by atoms with Gasteiger partial charge in [-0.3, -0.25) is 9.87 Å². The molecule has 0 aromatic carbocycles. The second kappa shape index (κ2) is 5.16. The van der Waals surface area contributed by atoms with Crippen LogP contribution in [0.15, 0.2) is 12.3 Å². The number of aryl methyl sites for hydroxylation is 1. The molecule has 2 N–H and O–H groups in total. The van der Waals surface area contributed by atoms with Crippen molar-refractivity contribution in [2.24, 2.45) is 0 Å². The molecule has 0 aliphatic carbocycles. The maximum atomic E-state index is 10.8. The molecule has 0 spiro atoms. The van der Waals surface area contributed by atoms with Gasteiger partial charge in [0.05, 0.1) is 22.9 Å². The molecule has 0 fully saturated rings. The van der Waals surface area contributed by atoms with Gasteiger partial charge in [-0.15, -0.1) is 0 Å². The zero-order valence-electron chi connectivity index (χ0n) is 11.9. The molecular formula is C13H20ClN2O3S+. The molecule has 1 aliphatic rings. The average Bonchev–Trinajstić information content (AvgIpc) is 2.50. The maximum absolute atomic E-state index is 10.8. The Bertz CT molecular complexity index is 629. The fourth-order valence-corrected chi connectivity index (χ4v) is 3.20. The van der Waals surface area contributed by atoms with Crippen LogP contribution in [0.2, 0.25) is 5.02 Å². The van der Waals surface area contributed by atoms with Crippen LogP contribution in [-0.2, 0) is 22.1 Å². The minimum absolute atomic E-state index is 0.0367. The minimum Gasteiger partial charge on any atom is -0.286 e. The molecule has 1 aliphatic heterocycles. The third-order valence-corrected chi connectivity index (χ3v) is 5.05. The van der Waals surface area contributed by atoms with Crippen molar-refractivity contribution in [1.29, 1.82) is 0 Å². The first kappa shape index (κ1) is 15.5. The summed E-state index contributed by atoms with van der Waals surface area (Å²) in [4.78, 5) is 0. The van der Waals surface area contributed by atoms with Crippen LogP contribution >= 0.6 is 11.6 Å². The normalized spacial score (nSPS) is 20.6. The van der Waals surface area contributed by atoms with Crippen LogP contribution in [0.3, 0.4) is 0 Å². The molecule has 7 heteroatoms. The van der Waals surface area contributed by atoms with Crippen LogP contribution in [-0.4, -0.2) is 24.8 Å². The van der Waals surface area contributed by atoms with E-state index in [1.54, 1.807) is 6.20 Å². The predicted molar refractivity (Wildman–Crippen MR) is 78.8 cm³/mol. The number of nitrogens with one attached hydrogen (secondary N) is 1. The van der Waals surface area contributed by atoms with Crippen molar-refractivity contribution in [3.8, 4) is 0 Å². The number of aromatic nitrogens is 1. The van der Waals surface area contributed by atoms with Crippen molar-refractivity contribution >= 4 is 27.5 Å². The Morgan fingerprint density at radius 1 is 1.50 bits per heavy atom. The summed E-state index contributed by atoms with van der Waals surface area (Å²) in [6.07, 6.45) is 2.12. The molecule has 0 bridgehead atoms. The molecule has 1 unspecified atom stereocenters. The van der Waals surface area contributed by atoms with E-state index in [0.717, 1.165) is 11.4 Å². The second-order valence-corrected chi connectivity index (χ2v) is 7.85. The van der Waals surface area contributed by atoms with E-state index in [4.69, 9.17) is 16.2 Å². The van der Waals surface area contributed by atoms with Crippen molar-refractivity contribution in [1.82, 2.24) is 0 Å². The van der Waals surface area contributed by atoms with Gasteiger partial charge in [0, 0.05) is 11.8 Å². The van der Waals surface area contributed by atoms with Gasteiger partial charge in [-0.25, -0.2) is 4.57 Å². The van der Waals surface area contributed by atoms with Gasteiger partial charge < -0.3 is 0 Å². The highest BCUT2D eigenvalue weighted by Crippen LogP contribution is 2.39. The molecule has 1 aromatic heterocycles. The third-order valence-electron chi connectivity index (χ3n) is 4.03. The summed E-state index contributed by atoms with van der Waals surface area (Å²) in [5, 5.41) is 4.05. The molecule has 2 rings (SSSR count). The highest BCUT2D eigenvalue weighted by atomic mass is 35.5. The maximum Gasteiger partial charge on any atom is 0.278 e. The zero-order chi connectivity index (χ0) is 15.1. The fourth-order valence-electron chi connectivity index (χ4n) is 2.48. The Kier molecular flexibility index (Phi) is 4.01. The molecule has 0 saturated heterocycles. The number of rotatable bonds is 4. The first-order chi connectivity index (χ1) is 9.11. The Morgan fingerprint density at radius 2 is 2.15 bits per heavy atom. The summed E-state index contributed by atoms with van der Waals surface area (Å²) < 4.78 is 32.3. The van der Waals surface area contributed by atoms with Crippen molar-refractivity contribution in [2.75, 3.05) is 11.1 Å². The highest BCUT2D eigenvalue weighted by Gasteiger charge is 2.43. The summed E-state index contributed by atoms with van der Waals surface area (Å²) >= 11 is 6.16. The van der Waals surface area contributed by atoms with Crippen LogP contribution in [0.1, 0.15) is 32.8 Å². The second-order valence-electron chi connectivity index (χ2n) is 5.84. The quantitative estimate of drug-likeness (QED) is 0.658. The van der Waals surface area contributed by atoms with E-state index in [2.05, 4.69) is 26.1 Å². The standard InChI is InChI=1S/C13H19ClN2O3S/c1-9-13(2,3)11-7-10(14)8-16(12(11)15-9)5-4-6-20(17,18)19/h7-9H,4-6H2,1-3H3,(H,17,18,19)/p+1. The first-order valence-corrected chi connectivity index (χ1v) is 8.55. The Balaban J connectivity index is 2.28. The van der Waals surface area contributed by atoms with E-state index in [0.29, 0.717) is 18.0 Å². The number of halogens is 1. The SMILES string of the molecule is CC1Nc2c(cc(Cl)c[n+]2CCCS(=O)(=O)O)C1(C)C. The zero-order valence-corrected chi connectivity index (χ0v) is 13.4. The molecule has 0 saturated carbocycles. The number of fused-ring (bicyclic) bond motifs is 1. The van der Waals surface area contributed by atoms with E-state index < -0.39 is 10.1 Å². The van der Waals surface area contributed by atoms with Gasteiger partial charge in [0.25, 0.3) is 15.9 Å². The molecule has 0 radical (unpaired) electrons. The van der Waals surface area contributed by atoms with Crippen LogP contribution in [0.4, 0.5) is 5.82 Å². The highest BCUT2D eigenvalue weighted by molar-refractivity contribution is 7.85. The van der Waals surface area contributed by atoms with Crippen LogP contribution < -0.4 is 9.88 Å². The number of anilines is 1. The molecular weight excluding hydrogens is 300 g/mol. The number of hydrogen-bond acceptors (Lipinski definition) is 3. The van der Waals surface area contributed by atoms with Gasteiger partial charge in [0.15, 0.2) is 0 Å². The number of pyridine rings is 1. The van der Waals surface area contributed by atoms with Crippen molar-refractivity contribution < 1.29 is 17.5 Å². The number of nitrogens with zero attached hydrogens (tertiary/aromatic N) is 1. The Morgan fingerprint density at radius 3 is 2.75 bits per heavy atom. The summed E-state index contributed by atoms with van der Waals surface area (Å²) in [7, 11) is -3.92. The monoisotopic (exact) mass is 319 g/mol. The minimum atomic E-state index is -3.92. The lowest BCUT2D eigenvalue weighted by atomic mass is 9.82. The van der Waals surface area contributed by atoms with E-state index >= 15 is 0 Å². The molecule has 112 valence electrons. The largest absolute Gasteiger partial charge is 0.286 e. The van der Waals surface area contributed by atoms with Gasteiger partial charge >= 0.3 is 0 Å². The lowest BCUT2D eigenvalue weighted by Crippen LogP contribution is -2.38. The van der Waals surface area contributed by atoms with Gasteiger partial charge in [-0.2, -0.15) is 8.42 Å². The van der Waals surface area contributed by atoms with Crippen molar-refractivity contribution in [3.05, 3.63) is 22.8 Å². The summed E-state index contributed by atoms with van der Waals surface area (Å²) in [6.45, 7) is 6.89. The van der Waals surface area contributed by atoms with Gasteiger partial charge in [-0.1, -0.05) is 25.4 Å². The predicted octanol–water partition coefficient (Wildman–Crippen LogP) is 2.00. The van der Waals surface area contributed by atoms with Crippen molar-refractivity contribution in [2.45, 2.75) is 45.2 Å². The van der Waals surface area contributed by atoms with Crippen molar-refractivity contribution in [3.63, 3.8) is 0 Å². The molecule has 1 aromatic rings. The van der Waals surface area contributed by atoms with Gasteiger partial charge in [0.2, 0.25) is 0 Å². The third kappa shape index (κ3) is 3.07. The lowest BCUT2D eigenvalue weighted by molar-refractivity contribution is -0.683. The van der Waals surface area contributed by atoms with Crippen LogP contribution in [0.5, 0.6) is 0 Å². The van der Waals surface area contributed by atoms with Crippen LogP contribution in [0.25, 0.3) is 0 Å². The molecule has 5 nitrogen and oxygen atoms in total. The van der Waals surface area contributed by atoms with E-state index in [1.807, 2.05) is 10.6 Å². The fraction of sp³-hybridized carbons (Fsp3) is 0.615. The lowest BCUT2D eigenvalue weighted by Gasteiger charge is -2.20. The summed E-state index contributed by atoms with van der Waals surface area (Å²) in [5.74, 6) is 0.725. The van der Waals surface area contributed by atoms with E-state index in [-0.39, 0.29) is 17.2 Å². The van der Waals surface area contributed by atoms with Gasteiger partial charge in [0.1, 0.15) is 12.2 Å². The summed E-state index contributed by atoms with van der Waals surface area (Å²) in [5.41, 5.74) is 1.09. The van der Waals surface area contributed by atoms with Crippen LogP contribution in [0, 0.1) is 0 Å². The van der Waals surface area contributed by atoms with E-state index in [1.165, 1.54) is 0 Å². The Labute approximate surface area is 124 Å². The molecule has 20 heavy (non-hydrogen) atoms. The Hall–Kier alpha value is -0.850. The average molecular weight is 320 g/mol.